The van der Waals surface area contributed by atoms with Crippen molar-refractivity contribution in [1.29, 1.82) is 0 Å². The summed E-state index contributed by atoms with van der Waals surface area (Å²) in [7, 11) is 1.55. The highest BCUT2D eigenvalue weighted by molar-refractivity contribution is 5.86. The minimum Gasteiger partial charge on any atom is -0.496 e. The van der Waals surface area contributed by atoms with Crippen LogP contribution in [0.25, 0.3) is 11.4 Å². The molecule has 0 bridgehead atoms. The molecule has 0 saturated carbocycles. The van der Waals surface area contributed by atoms with E-state index >= 15 is 0 Å². The minimum atomic E-state index is -0.683. The molecule has 3 rings (SSSR count). The number of carbonyl (C=O) groups is 1. The van der Waals surface area contributed by atoms with Gasteiger partial charge in [0.15, 0.2) is 12.3 Å². The number of rotatable bonds is 7. The molecule has 0 N–H and O–H groups in total. The zero-order valence-electron chi connectivity index (χ0n) is 14.9. The van der Waals surface area contributed by atoms with Crippen LogP contribution < -0.4 is 10.3 Å². The molecule has 0 fully saturated rings. The summed E-state index contributed by atoms with van der Waals surface area (Å²) in [6.07, 6.45) is 0.721. The number of hydrogen-bond donors (Lipinski definition) is 0. The van der Waals surface area contributed by atoms with Gasteiger partial charge in [0, 0.05) is 12.6 Å². The first-order chi connectivity index (χ1) is 13.1. The van der Waals surface area contributed by atoms with Crippen molar-refractivity contribution in [2.45, 2.75) is 26.5 Å². The molecular formula is C18H18N4O5. The molecule has 0 aliphatic heterocycles. The first kappa shape index (κ1) is 18.3. The van der Waals surface area contributed by atoms with Crippen LogP contribution >= 0.6 is 0 Å². The van der Waals surface area contributed by atoms with Gasteiger partial charge in [0.25, 0.3) is 11.4 Å². The lowest BCUT2D eigenvalue weighted by Crippen LogP contribution is -2.24. The highest BCUT2D eigenvalue weighted by Crippen LogP contribution is 2.27. The predicted octanol–water partition coefficient (Wildman–Crippen LogP) is 2.07. The molecule has 0 amide bonds. The van der Waals surface area contributed by atoms with Gasteiger partial charge in [0.05, 0.1) is 12.7 Å². The summed E-state index contributed by atoms with van der Waals surface area (Å²) in [6.45, 7) is 2.12. The number of aromatic nitrogens is 4. The Morgan fingerprint density at radius 1 is 1.22 bits per heavy atom. The molecule has 0 unspecified atom stereocenters. The molecule has 9 nitrogen and oxygen atoms in total. The molecule has 3 aromatic rings. The average molecular weight is 370 g/mol. The summed E-state index contributed by atoms with van der Waals surface area (Å²) in [5, 5.41) is 7.87. The van der Waals surface area contributed by atoms with E-state index in [1.165, 1.54) is 16.8 Å². The molecule has 0 saturated heterocycles. The number of benzene rings is 1. The van der Waals surface area contributed by atoms with Crippen molar-refractivity contribution in [2.75, 3.05) is 7.11 Å². The number of aryl methyl sites for hydroxylation is 1. The zero-order chi connectivity index (χ0) is 19.2. The van der Waals surface area contributed by atoms with E-state index in [1.807, 2.05) is 19.1 Å². The van der Waals surface area contributed by atoms with E-state index in [9.17, 15) is 9.59 Å². The van der Waals surface area contributed by atoms with Crippen LogP contribution in [0.4, 0.5) is 0 Å². The number of esters is 1. The maximum atomic E-state index is 12.2. The van der Waals surface area contributed by atoms with Gasteiger partial charge in [-0.3, -0.25) is 4.79 Å². The van der Waals surface area contributed by atoms with E-state index in [2.05, 4.69) is 15.2 Å². The van der Waals surface area contributed by atoms with E-state index in [0.29, 0.717) is 23.7 Å². The van der Waals surface area contributed by atoms with Crippen LogP contribution in [0.15, 0.2) is 45.7 Å². The molecule has 9 heteroatoms. The van der Waals surface area contributed by atoms with Crippen LogP contribution in [0.3, 0.4) is 0 Å². The third-order valence-corrected chi connectivity index (χ3v) is 3.65. The molecule has 2 heterocycles. The highest BCUT2D eigenvalue weighted by atomic mass is 16.6. The summed E-state index contributed by atoms with van der Waals surface area (Å²) >= 11 is 0. The van der Waals surface area contributed by atoms with Crippen LogP contribution in [0, 0.1) is 0 Å². The first-order valence-electron chi connectivity index (χ1n) is 8.33. The number of carbonyl (C=O) groups excluding carboxylic acids is 1. The van der Waals surface area contributed by atoms with Gasteiger partial charge in [0.1, 0.15) is 5.75 Å². The Hall–Kier alpha value is -3.49. The molecular weight excluding hydrogens is 352 g/mol. The number of methoxy groups -OCH3 is 1. The molecule has 0 aliphatic rings. The third-order valence-electron chi connectivity index (χ3n) is 3.65. The summed E-state index contributed by atoms with van der Waals surface area (Å²) in [4.78, 5) is 28.0. The Kier molecular flexibility index (Phi) is 5.60. The topological polar surface area (TPSA) is 109 Å². The minimum absolute atomic E-state index is 0.0347. The van der Waals surface area contributed by atoms with Crippen molar-refractivity contribution < 1.29 is 18.8 Å². The summed E-state index contributed by atoms with van der Waals surface area (Å²) in [5.74, 6) is 0.375. The molecule has 2 aromatic heterocycles. The second kappa shape index (κ2) is 8.26. The van der Waals surface area contributed by atoms with Gasteiger partial charge >= 0.3 is 5.97 Å². The van der Waals surface area contributed by atoms with E-state index in [0.717, 1.165) is 6.42 Å². The van der Waals surface area contributed by atoms with E-state index in [4.69, 9.17) is 14.0 Å². The van der Waals surface area contributed by atoms with Crippen molar-refractivity contribution in [2.24, 2.45) is 0 Å². The largest absolute Gasteiger partial charge is 0.496 e. The van der Waals surface area contributed by atoms with Gasteiger partial charge < -0.3 is 14.0 Å². The van der Waals surface area contributed by atoms with E-state index in [-0.39, 0.29) is 23.8 Å². The lowest BCUT2D eigenvalue weighted by molar-refractivity contribution is 0.0419. The van der Waals surface area contributed by atoms with Gasteiger partial charge in [-0.05, 0) is 24.6 Å². The van der Waals surface area contributed by atoms with Gasteiger partial charge in [-0.2, -0.15) is 10.1 Å². The van der Waals surface area contributed by atoms with E-state index < -0.39 is 5.97 Å². The van der Waals surface area contributed by atoms with Crippen LogP contribution in [0.2, 0.25) is 0 Å². The quantitative estimate of drug-likeness (QED) is 0.581. The lowest BCUT2D eigenvalue weighted by atomic mass is 10.2. The van der Waals surface area contributed by atoms with Crippen molar-refractivity contribution >= 4 is 5.97 Å². The van der Waals surface area contributed by atoms with Crippen molar-refractivity contribution in [1.82, 2.24) is 19.9 Å². The van der Waals surface area contributed by atoms with Crippen molar-refractivity contribution in [3.8, 4) is 17.1 Å². The van der Waals surface area contributed by atoms with Crippen LogP contribution in [0.1, 0.15) is 29.7 Å². The van der Waals surface area contributed by atoms with Crippen molar-refractivity contribution in [3.05, 3.63) is 58.3 Å². The van der Waals surface area contributed by atoms with Crippen LogP contribution in [-0.4, -0.2) is 33.0 Å². The smallest absolute Gasteiger partial charge is 0.359 e. The zero-order valence-corrected chi connectivity index (χ0v) is 14.9. The molecule has 27 heavy (non-hydrogen) atoms. The second-order valence-electron chi connectivity index (χ2n) is 5.57. The number of ether oxygens (including phenoxy) is 2. The molecule has 0 spiro atoms. The van der Waals surface area contributed by atoms with Crippen LogP contribution in [-0.2, 0) is 17.9 Å². The SMILES string of the molecule is CCCn1nc(C(=O)OCc2nc(-c3ccccc3OC)no2)ccc1=O. The fourth-order valence-electron chi connectivity index (χ4n) is 2.38. The molecule has 0 atom stereocenters. The Morgan fingerprint density at radius 3 is 2.81 bits per heavy atom. The Morgan fingerprint density at radius 2 is 2.04 bits per heavy atom. The Bertz CT molecular complexity index is 995. The molecule has 1 aromatic carbocycles. The second-order valence-corrected chi connectivity index (χ2v) is 5.57. The first-order valence-corrected chi connectivity index (χ1v) is 8.33. The molecule has 140 valence electrons. The van der Waals surface area contributed by atoms with Gasteiger partial charge in [-0.1, -0.05) is 24.2 Å². The van der Waals surface area contributed by atoms with Gasteiger partial charge in [-0.25, -0.2) is 9.48 Å². The van der Waals surface area contributed by atoms with E-state index in [1.54, 1.807) is 19.2 Å². The maximum Gasteiger partial charge on any atom is 0.359 e. The molecule has 0 aliphatic carbocycles. The highest BCUT2D eigenvalue weighted by Gasteiger charge is 2.16. The number of nitrogens with zero attached hydrogens (tertiary/aromatic N) is 4. The maximum absolute atomic E-state index is 12.2. The summed E-state index contributed by atoms with van der Waals surface area (Å²) in [6, 6.07) is 9.83. The molecule has 0 radical (unpaired) electrons. The summed E-state index contributed by atoms with van der Waals surface area (Å²) < 4.78 is 16.8. The van der Waals surface area contributed by atoms with Gasteiger partial charge in [0.2, 0.25) is 5.82 Å². The Labute approximate surface area is 154 Å². The number of hydrogen-bond acceptors (Lipinski definition) is 8. The normalized spacial score (nSPS) is 10.6. The van der Waals surface area contributed by atoms with Crippen LogP contribution in [0.5, 0.6) is 5.75 Å². The fourth-order valence-corrected chi connectivity index (χ4v) is 2.38. The predicted molar refractivity (Wildman–Crippen MR) is 94.2 cm³/mol. The van der Waals surface area contributed by atoms with Gasteiger partial charge in [-0.15, -0.1) is 0 Å². The summed E-state index contributed by atoms with van der Waals surface area (Å²) in [5.41, 5.74) is 0.425. The monoisotopic (exact) mass is 370 g/mol. The Balaban J connectivity index is 1.69. The lowest BCUT2D eigenvalue weighted by Gasteiger charge is -2.05. The standard InChI is InChI=1S/C18H18N4O5/c1-3-10-22-16(23)9-8-13(20-22)18(24)26-11-15-19-17(21-27-15)12-6-4-5-7-14(12)25-2/h4-9H,3,10-11H2,1-2H3. The van der Waals surface area contributed by atoms with Crippen molar-refractivity contribution in [3.63, 3.8) is 0 Å². The number of para-hydroxylation sites is 1. The third kappa shape index (κ3) is 4.20. The average Bonchev–Trinajstić information content (AvgIpc) is 3.16. The fraction of sp³-hybridized carbons (Fsp3) is 0.278.